The Balaban J connectivity index is 1.34. The van der Waals surface area contributed by atoms with Crippen LogP contribution in [0.5, 0.6) is 0 Å². The normalized spacial score (nSPS) is 14.6. The van der Waals surface area contributed by atoms with E-state index in [4.69, 9.17) is 0 Å². The molecule has 0 radical (unpaired) electrons. The topological polar surface area (TPSA) is 90.5 Å². The van der Waals surface area contributed by atoms with E-state index in [2.05, 4.69) is 45.1 Å². The highest BCUT2D eigenvalue weighted by molar-refractivity contribution is 6.39. The molecule has 0 atom stereocenters. The molecule has 1 heterocycles. The van der Waals surface area contributed by atoms with Crippen LogP contribution in [0.15, 0.2) is 54.6 Å². The Bertz CT molecular complexity index is 875. The zero-order valence-electron chi connectivity index (χ0n) is 17.9. The maximum Gasteiger partial charge on any atom is 0.313 e. The molecule has 0 spiro atoms. The van der Waals surface area contributed by atoms with Crippen LogP contribution >= 0.6 is 0 Å². The van der Waals surface area contributed by atoms with Crippen molar-refractivity contribution in [3.63, 3.8) is 0 Å². The molecule has 1 aliphatic rings. The first-order valence-corrected chi connectivity index (χ1v) is 10.7. The Hall–Kier alpha value is -3.19. The van der Waals surface area contributed by atoms with Gasteiger partial charge in [0.05, 0.1) is 0 Å². The second-order valence-electron chi connectivity index (χ2n) is 7.94. The van der Waals surface area contributed by atoms with Crippen LogP contribution in [0.3, 0.4) is 0 Å². The van der Waals surface area contributed by atoms with Gasteiger partial charge in [0.25, 0.3) is 0 Å². The molecule has 164 valence electrons. The number of likely N-dealkylation sites (tertiary alicyclic amines) is 1. The van der Waals surface area contributed by atoms with Gasteiger partial charge in [0.2, 0.25) is 5.91 Å². The molecular weight excluding hydrogens is 392 g/mol. The van der Waals surface area contributed by atoms with Crippen LogP contribution < -0.4 is 16.0 Å². The van der Waals surface area contributed by atoms with E-state index in [1.54, 1.807) is 24.3 Å². The zero-order chi connectivity index (χ0) is 22.1. The van der Waals surface area contributed by atoms with E-state index < -0.39 is 11.8 Å². The van der Waals surface area contributed by atoms with E-state index in [0.29, 0.717) is 23.8 Å². The summed E-state index contributed by atoms with van der Waals surface area (Å²) in [7, 11) is 0. The molecule has 31 heavy (non-hydrogen) atoms. The minimum atomic E-state index is -0.687. The molecule has 1 saturated heterocycles. The van der Waals surface area contributed by atoms with Crippen LogP contribution in [0.25, 0.3) is 0 Å². The third kappa shape index (κ3) is 7.53. The molecular formula is C24H30N4O3. The first kappa shape index (κ1) is 22.5. The summed E-state index contributed by atoms with van der Waals surface area (Å²) < 4.78 is 0. The minimum Gasteiger partial charge on any atom is -0.348 e. The molecule has 7 heteroatoms. The number of carbonyl (C=O) groups excluding carboxylic acids is 3. The smallest absolute Gasteiger partial charge is 0.313 e. The van der Waals surface area contributed by atoms with E-state index in [1.807, 2.05) is 6.07 Å². The fourth-order valence-electron chi connectivity index (χ4n) is 3.69. The van der Waals surface area contributed by atoms with Crippen LogP contribution in [0.2, 0.25) is 0 Å². The van der Waals surface area contributed by atoms with Crippen molar-refractivity contribution in [2.24, 2.45) is 5.92 Å². The van der Waals surface area contributed by atoms with Crippen molar-refractivity contribution in [2.75, 3.05) is 36.8 Å². The standard InChI is InChI=1S/C24H30N4O3/c1-18(29)26-21-7-9-22(10-8-21)27-24(31)23(30)25-17-20-12-15-28(16-13-20)14-11-19-5-3-2-4-6-19/h2-10,20H,11-17H2,1H3,(H,25,30)(H,26,29)(H,27,31). The summed E-state index contributed by atoms with van der Waals surface area (Å²) in [6.45, 7) is 5.02. The fourth-order valence-corrected chi connectivity index (χ4v) is 3.69. The number of carbonyl (C=O) groups is 3. The summed E-state index contributed by atoms with van der Waals surface area (Å²) in [5.74, 6) is -1.09. The fraction of sp³-hybridized carbons (Fsp3) is 0.375. The van der Waals surface area contributed by atoms with Gasteiger partial charge in [-0.05, 0) is 68.1 Å². The molecule has 0 aliphatic carbocycles. The number of hydrogen-bond donors (Lipinski definition) is 3. The largest absolute Gasteiger partial charge is 0.348 e. The summed E-state index contributed by atoms with van der Waals surface area (Å²) in [5, 5.41) is 7.98. The lowest BCUT2D eigenvalue weighted by Gasteiger charge is -2.32. The molecule has 1 aliphatic heterocycles. The van der Waals surface area contributed by atoms with Gasteiger partial charge in [-0.1, -0.05) is 30.3 Å². The van der Waals surface area contributed by atoms with Crippen molar-refractivity contribution in [2.45, 2.75) is 26.2 Å². The van der Waals surface area contributed by atoms with Crippen molar-refractivity contribution in [1.29, 1.82) is 0 Å². The molecule has 3 rings (SSSR count). The van der Waals surface area contributed by atoms with Gasteiger partial charge in [-0.2, -0.15) is 0 Å². The predicted octanol–water partition coefficient (Wildman–Crippen LogP) is 2.65. The summed E-state index contributed by atoms with van der Waals surface area (Å²) in [4.78, 5) is 37.8. The van der Waals surface area contributed by atoms with Gasteiger partial charge in [0.1, 0.15) is 0 Å². The van der Waals surface area contributed by atoms with Gasteiger partial charge < -0.3 is 20.9 Å². The number of nitrogens with one attached hydrogen (secondary N) is 3. The average Bonchev–Trinajstić information content (AvgIpc) is 2.78. The van der Waals surface area contributed by atoms with E-state index in [9.17, 15) is 14.4 Å². The molecule has 0 unspecified atom stereocenters. The summed E-state index contributed by atoms with van der Waals surface area (Å²) >= 11 is 0. The number of benzene rings is 2. The van der Waals surface area contributed by atoms with Crippen molar-refractivity contribution < 1.29 is 14.4 Å². The third-order valence-corrected chi connectivity index (χ3v) is 5.49. The van der Waals surface area contributed by atoms with Gasteiger partial charge in [-0.3, -0.25) is 14.4 Å². The lowest BCUT2D eigenvalue weighted by atomic mass is 9.96. The number of amides is 3. The van der Waals surface area contributed by atoms with Crippen LogP contribution in [-0.4, -0.2) is 48.8 Å². The Morgan fingerprint density at radius 3 is 2.10 bits per heavy atom. The van der Waals surface area contributed by atoms with Crippen molar-refractivity contribution in [3.8, 4) is 0 Å². The maximum atomic E-state index is 12.1. The molecule has 1 fully saturated rings. The van der Waals surface area contributed by atoms with E-state index in [-0.39, 0.29) is 5.91 Å². The van der Waals surface area contributed by atoms with Gasteiger partial charge >= 0.3 is 11.8 Å². The van der Waals surface area contributed by atoms with Crippen LogP contribution in [0, 0.1) is 5.92 Å². The molecule has 3 N–H and O–H groups in total. The highest BCUT2D eigenvalue weighted by Crippen LogP contribution is 2.17. The molecule has 3 amide bonds. The summed E-state index contributed by atoms with van der Waals surface area (Å²) in [5.41, 5.74) is 2.48. The van der Waals surface area contributed by atoms with E-state index >= 15 is 0 Å². The number of hydrogen-bond acceptors (Lipinski definition) is 4. The Labute approximate surface area is 183 Å². The van der Waals surface area contributed by atoms with Gasteiger partial charge in [0.15, 0.2) is 0 Å². The zero-order valence-corrected chi connectivity index (χ0v) is 17.9. The van der Waals surface area contributed by atoms with Crippen LogP contribution in [-0.2, 0) is 20.8 Å². The van der Waals surface area contributed by atoms with Crippen molar-refractivity contribution in [3.05, 3.63) is 60.2 Å². The quantitative estimate of drug-likeness (QED) is 0.599. The molecule has 0 saturated carbocycles. The lowest BCUT2D eigenvalue weighted by Crippen LogP contribution is -2.42. The van der Waals surface area contributed by atoms with Crippen molar-refractivity contribution >= 4 is 29.1 Å². The number of rotatable bonds is 7. The van der Waals surface area contributed by atoms with Crippen LogP contribution in [0.1, 0.15) is 25.3 Å². The first-order valence-electron chi connectivity index (χ1n) is 10.7. The maximum absolute atomic E-state index is 12.1. The van der Waals surface area contributed by atoms with E-state index in [0.717, 1.165) is 38.9 Å². The lowest BCUT2D eigenvalue weighted by molar-refractivity contribution is -0.136. The Kier molecular flexibility index (Phi) is 8.18. The van der Waals surface area contributed by atoms with Gasteiger partial charge in [-0.25, -0.2) is 0 Å². The molecule has 7 nitrogen and oxygen atoms in total. The monoisotopic (exact) mass is 422 g/mol. The number of nitrogens with zero attached hydrogens (tertiary/aromatic N) is 1. The summed E-state index contributed by atoms with van der Waals surface area (Å²) in [6, 6.07) is 17.1. The summed E-state index contributed by atoms with van der Waals surface area (Å²) in [6.07, 6.45) is 3.08. The average molecular weight is 423 g/mol. The number of piperidine rings is 1. The molecule has 2 aromatic rings. The number of anilines is 2. The predicted molar refractivity (Wildman–Crippen MR) is 122 cm³/mol. The van der Waals surface area contributed by atoms with Gasteiger partial charge in [0, 0.05) is 31.4 Å². The molecule has 2 aromatic carbocycles. The molecule has 0 bridgehead atoms. The van der Waals surface area contributed by atoms with E-state index in [1.165, 1.54) is 12.5 Å². The molecule has 0 aromatic heterocycles. The highest BCUT2D eigenvalue weighted by atomic mass is 16.2. The SMILES string of the molecule is CC(=O)Nc1ccc(NC(=O)C(=O)NCC2CCN(CCc3ccccc3)CC2)cc1. The Morgan fingerprint density at radius 1 is 0.871 bits per heavy atom. The second kappa shape index (κ2) is 11.3. The minimum absolute atomic E-state index is 0.168. The van der Waals surface area contributed by atoms with Gasteiger partial charge in [-0.15, -0.1) is 0 Å². The second-order valence-corrected chi connectivity index (χ2v) is 7.94. The Morgan fingerprint density at radius 2 is 1.48 bits per heavy atom. The first-order chi connectivity index (χ1) is 15.0. The van der Waals surface area contributed by atoms with Crippen molar-refractivity contribution in [1.82, 2.24) is 10.2 Å². The third-order valence-electron chi connectivity index (χ3n) is 5.49. The van der Waals surface area contributed by atoms with Crippen LogP contribution in [0.4, 0.5) is 11.4 Å². The highest BCUT2D eigenvalue weighted by Gasteiger charge is 2.21.